The van der Waals surface area contributed by atoms with Gasteiger partial charge in [0.25, 0.3) is 0 Å². The number of rotatable bonds is 3. The Hall–Kier alpha value is -2.23. The van der Waals surface area contributed by atoms with E-state index in [4.69, 9.17) is 9.47 Å². The van der Waals surface area contributed by atoms with Gasteiger partial charge in [0.15, 0.2) is 11.5 Å². The van der Waals surface area contributed by atoms with Gasteiger partial charge in [-0.1, -0.05) is 24.3 Å². The Balaban J connectivity index is 1.83. The molecule has 0 aliphatic carbocycles. The Bertz CT molecular complexity index is 622. The van der Waals surface area contributed by atoms with Crippen LogP contribution in [0.25, 0.3) is 0 Å². The molecule has 1 N–H and O–H groups in total. The molecule has 1 aliphatic rings. The van der Waals surface area contributed by atoms with Crippen LogP contribution in [-0.4, -0.2) is 13.2 Å². The predicted molar refractivity (Wildman–Crippen MR) is 80.5 cm³/mol. The quantitative estimate of drug-likeness (QED) is 0.928. The van der Waals surface area contributed by atoms with Crippen LogP contribution in [0.5, 0.6) is 11.5 Å². The number of fused-ring (bicyclic) bond motifs is 1. The SMILES string of the molecule is Cc1cccc(F)c1NCc1cccc2c1OCCCO2. The highest BCUT2D eigenvalue weighted by atomic mass is 19.1. The summed E-state index contributed by atoms with van der Waals surface area (Å²) >= 11 is 0. The molecule has 3 nitrogen and oxygen atoms in total. The molecule has 2 aromatic carbocycles. The van der Waals surface area contributed by atoms with Crippen LogP contribution in [0.1, 0.15) is 17.5 Å². The summed E-state index contributed by atoms with van der Waals surface area (Å²) in [6.45, 7) is 3.68. The van der Waals surface area contributed by atoms with E-state index < -0.39 is 0 Å². The first-order valence-corrected chi connectivity index (χ1v) is 7.12. The van der Waals surface area contributed by atoms with Crippen LogP contribution in [0.3, 0.4) is 0 Å². The molecule has 0 amide bonds. The van der Waals surface area contributed by atoms with E-state index in [-0.39, 0.29) is 5.82 Å². The highest BCUT2D eigenvalue weighted by Crippen LogP contribution is 2.34. The van der Waals surface area contributed by atoms with Crippen molar-refractivity contribution in [1.82, 2.24) is 0 Å². The van der Waals surface area contributed by atoms with Crippen molar-refractivity contribution in [1.29, 1.82) is 0 Å². The number of ether oxygens (including phenoxy) is 2. The Labute approximate surface area is 123 Å². The van der Waals surface area contributed by atoms with Gasteiger partial charge < -0.3 is 14.8 Å². The van der Waals surface area contributed by atoms with Crippen LogP contribution in [0.4, 0.5) is 10.1 Å². The maximum absolute atomic E-state index is 13.8. The summed E-state index contributed by atoms with van der Waals surface area (Å²) in [4.78, 5) is 0. The number of hydrogen-bond donors (Lipinski definition) is 1. The van der Waals surface area contributed by atoms with Crippen molar-refractivity contribution >= 4 is 5.69 Å². The molecular weight excluding hydrogens is 269 g/mol. The van der Waals surface area contributed by atoms with Crippen molar-refractivity contribution in [3.8, 4) is 11.5 Å². The Kier molecular flexibility index (Phi) is 3.95. The highest BCUT2D eigenvalue weighted by Gasteiger charge is 2.15. The number of benzene rings is 2. The number of nitrogens with one attached hydrogen (secondary N) is 1. The van der Waals surface area contributed by atoms with Crippen molar-refractivity contribution < 1.29 is 13.9 Å². The van der Waals surface area contributed by atoms with Gasteiger partial charge in [-0.05, 0) is 24.6 Å². The summed E-state index contributed by atoms with van der Waals surface area (Å²) in [6, 6.07) is 10.9. The molecule has 0 saturated heterocycles. The lowest BCUT2D eigenvalue weighted by molar-refractivity contribution is 0.296. The van der Waals surface area contributed by atoms with E-state index in [0.29, 0.717) is 25.4 Å². The molecule has 0 radical (unpaired) electrons. The van der Waals surface area contributed by atoms with E-state index in [1.807, 2.05) is 31.2 Å². The summed E-state index contributed by atoms with van der Waals surface area (Å²) in [7, 11) is 0. The number of aryl methyl sites for hydroxylation is 1. The molecule has 110 valence electrons. The minimum absolute atomic E-state index is 0.241. The Morgan fingerprint density at radius 2 is 1.90 bits per heavy atom. The van der Waals surface area contributed by atoms with Gasteiger partial charge in [0.05, 0.1) is 18.9 Å². The fourth-order valence-corrected chi connectivity index (χ4v) is 2.43. The summed E-state index contributed by atoms with van der Waals surface area (Å²) in [5.74, 6) is 1.28. The second kappa shape index (κ2) is 6.04. The third kappa shape index (κ3) is 2.94. The van der Waals surface area contributed by atoms with Crippen LogP contribution < -0.4 is 14.8 Å². The molecule has 0 aromatic heterocycles. The highest BCUT2D eigenvalue weighted by molar-refractivity contribution is 5.54. The van der Waals surface area contributed by atoms with Crippen molar-refractivity contribution in [2.45, 2.75) is 19.9 Å². The molecule has 3 rings (SSSR count). The number of halogens is 1. The summed E-state index contributed by atoms with van der Waals surface area (Å²) < 4.78 is 25.3. The molecular formula is C17H18FNO2. The third-order valence-electron chi connectivity index (χ3n) is 3.53. The molecule has 21 heavy (non-hydrogen) atoms. The topological polar surface area (TPSA) is 30.5 Å². The molecule has 0 fully saturated rings. The fraction of sp³-hybridized carbons (Fsp3) is 0.294. The first-order valence-electron chi connectivity index (χ1n) is 7.12. The second-order valence-electron chi connectivity index (χ2n) is 5.08. The lowest BCUT2D eigenvalue weighted by atomic mass is 10.1. The van der Waals surface area contributed by atoms with Gasteiger partial charge in [-0.2, -0.15) is 0 Å². The van der Waals surface area contributed by atoms with Gasteiger partial charge in [0.1, 0.15) is 5.82 Å². The van der Waals surface area contributed by atoms with Crippen molar-refractivity contribution in [3.05, 3.63) is 53.3 Å². The van der Waals surface area contributed by atoms with E-state index in [1.54, 1.807) is 6.07 Å². The van der Waals surface area contributed by atoms with Gasteiger partial charge >= 0.3 is 0 Å². The lowest BCUT2D eigenvalue weighted by Gasteiger charge is -2.15. The average Bonchev–Trinajstić information content (AvgIpc) is 2.72. The number of hydrogen-bond acceptors (Lipinski definition) is 3. The van der Waals surface area contributed by atoms with E-state index in [2.05, 4.69) is 5.32 Å². The van der Waals surface area contributed by atoms with Crippen LogP contribution in [0.15, 0.2) is 36.4 Å². The van der Waals surface area contributed by atoms with Gasteiger partial charge in [0, 0.05) is 18.5 Å². The molecule has 0 atom stereocenters. The zero-order chi connectivity index (χ0) is 14.7. The fourth-order valence-electron chi connectivity index (χ4n) is 2.43. The van der Waals surface area contributed by atoms with Crippen LogP contribution >= 0.6 is 0 Å². The minimum Gasteiger partial charge on any atom is -0.490 e. The average molecular weight is 287 g/mol. The molecule has 0 saturated carbocycles. The van der Waals surface area contributed by atoms with Gasteiger partial charge in [-0.15, -0.1) is 0 Å². The molecule has 0 bridgehead atoms. The van der Waals surface area contributed by atoms with E-state index in [0.717, 1.165) is 29.0 Å². The maximum atomic E-state index is 13.8. The molecule has 0 unspecified atom stereocenters. The Morgan fingerprint density at radius 1 is 1.10 bits per heavy atom. The number of anilines is 1. The van der Waals surface area contributed by atoms with Crippen molar-refractivity contribution in [2.24, 2.45) is 0 Å². The zero-order valence-electron chi connectivity index (χ0n) is 12.0. The zero-order valence-corrected chi connectivity index (χ0v) is 12.0. The van der Waals surface area contributed by atoms with Gasteiger partial charge in [-0.3, -0.25) is 0 Å². The summed E-state index contributed by atoms with van der Waals surface area (Å²) in [5.41, 5.74) is 2.39. The smallest absolute Gasteiger partial charge is 0.166 e. The molecule has 0 spiro atoms. The van der Waals surface area contributed by atoms with Crippen LogP contribution in [0.2, 0.25) is 0 Å². The van der Waals surface area contributed by atoms with Gasteiger partial charge in [0.2, 0.25) is 0 Å². The lowest BCUT2D eigenvalue weighted by Crippen LogP contribution is -2.06. The van der Waals surface area contributed by atoms with Crippen molar-refractivity contribution in [3.63, 3.8) is 0 Å². The maximum Gasteiger partial charge on any atom is 0.166 e. The molecule has 1 aliphatic heterocycles. The van der Waals surface area contributed by atoms with Crippen LogP contribution in [0, 0.1) is 12.7 Å². The monoisotopic (exact) mass is 287 g/mol. The molecule has 4 heteroatoms. The summed E-state index contributed by atoms with van der Waals surface area (Å²) in [6.07, 6.45) is 0.869. The van der Waals surface area contributed by atoms with E-state index >= 15 is 0 Å². The normalized spacial score (nSPS) is 13.6. The third-order valence-corrected chi connectivity index (χ3v) is 3.53. The minimum atomic E-state index is -0.241. The predicted octanol–water partition coefficient (Wildman–Crippen LogP) is 3.91. The second-order valence-corrected chi connectivity index (χ2v) is 5.08. The van der Waals surface area contributed by atoms with E-state index in [1.165, 1.54) is 6.07 Å². The first-order chi connectivity index (χ1) is 10.3. The van der Waals surface area contributed by atoms with E-state index in [9.17, 15) is 4.39 Å². The van der Waals surface area contributed by atoms with Crippen molar-refractivity contribution in [2.75, 3.05) is 18.5 Å². The van der Waals surface area contributed by atoms with Crippen LogP contribution in [-0.2, 0) is 6.54 Å². The standard InChI is InChI=1S/C17H18FNO2/c1-12-5-2-7-14(18)16(12)19-11-13-6-3-8-15-17(13)21-10-4-9-20-15/h2-3,5-8,19H,4,9-11H2,1H3. The number of para-hydroxylation sites is 2. The largest absolute Gasteiger partial charge is 0.490 e. The van der Waals surface area contributed by atoms with Gasteiger partial charge in [-0.25, -0.2) is 4.39 Å². The summed E-state index contributed by atoms with van der Waals surface area (Å²) in [5, 5.41) is 3.16. The molecule has 1 heterocycles. The first kappa shape index (κ1) is 13.7. The Morgan fingerprint density at radius 3 is 2.76 bits per heavy atom. The molecule has 2 aromatic rings.